The summed E-state index contributed by atoms with van der Waals surface area (Å²) in [5, 5.41) is 23.7. The number of nitrogens with one attached hydrogen (secondary N) is 2. The van der Waals surface area contributed by atoms with Gasteiger partial charge in [0.05, 0.1) is 18.8 Å². The molecule has 0 saturated carbocycles. The zero-order chi connectivity index (χ0) is 30.6. The number of hydrogen-bond acceptors (Lipinski definition) is 7. The summed E-state index contributed by atoms with van der Waals surface area (Å²) < 4.78 is -0.543. The summed E-state index contributed by atoms with van der Waals surface area (Å²) >= 11 is 0. The van der Waals surface area contributed by atoms with Crippen LogP contribution in [0.25, 0.3) is 0 Å². The largest absolute Gasteiger partial charge is 0.394 e. The third-order valence-corrected chi connectivity index (χ3v) is 8.98. The van der Waals surface area contributed by atoms with Crippen LogP contribution in [0.15, 0.2) is 72.9 Å². The molecule has 0 radical (unpaired) electrons. The van der Waals surface area contributed by atoms with Crippen LogP contribution in [0.4, 0.5) is 0 Å². The van der Waals surface area contributed by atoms with E-state index in [4.69, 9.17) is 10.8 Å². The minimum Gasteiger partial charge on any atom is -0.394 e. The molecule has 41 heavy (non-hydrogen) atoms. The van der Waals surface area contributed by atoms with Gasteiger partial charge in [-0.25, -0.2) is 0 Å². The van der Waals surface area contributed by atoms with Crippen molar-refractivity contribution in [3.8, 4) is 0 Å². The molecule has 9 heteroatoms. The smallest absolute Gasteiger partial charge is 0.238 e. The molecule has 0 aromatic rings. The van der Waals surface area contributed by atoms with Crippen molar-refractivity contribution in [2.45, 2.75) is 89.0 Å². The Hall–Kier alpha value is -2.04. The third kappa shape index (κ3) is 24.3. The average molecular weight is 608 g/mol. The summed E-state index contributed by atoms with van der Waals surface area (Å²) in [5.74, 6) is 0.336. The first-order valence-electron chi connectivity index (χ1n) is 14.5. The van der Waals surface area contributed by atoms with E-state index in [0.29, 0.717) is 25.1 Å². The lowest BCUT2D eigenvalue weighted by molar-refractivity contribution is -0.123. The average Bonchev–Trinajstić information content (AvgIpc) is 2.96. The fourth-order valence-electron chi connectivity index (χ4n) is 3.13. The van der Waals surface area contributed by atoms with Crippen molar-refractivity contribution in [3.63, 3.8) is 0 Å². The summed E-state index contributed by atoms with van der Waals surface area (Å²) in [6, 6.07) is -0.776. The second kappa shape index (κ2) is 26.8. The van der Waals surface area contributed by atoms with Crippen LogP contribution < -0.4 is 16.4 Å². The van der Waals surface area contributed by atoms with Crippen LogP contribution >= 0.6 is 21.6 Å². The van der Waals surface area contributed by atoms with E-state index in [1.807, 2.05) is 19.9 Å². The van der Waals surface area contributed by atoms with E-state index in [-0.39, 0.29) is 18.4 Å². The molecule has 0 aromatic carbocycles. The van der Waals surface area contributed by atoms with Gasteiger partial charge in [-0.3, -0.25) is 9.59 Å². The van der Waals surface area contributed by atoms with E-state index in [1.54, 1.807) is 10.8 Å². The number of hydrogen-bond donors (Lipinski definition) is 5. The van der Waals surface area contributed by atoms with Crippen LogP contribution in [-0.2, 0) is 9.59 Å². The maximum atomic E-state index is 12.2. The van der Waals surface area contributed by atoms with Crippen LogP contribution in [0.1, 0.15) is 72.1 Å². The van der Waals surface area contributed by atoms with Crippen LogP contribution in [0, 0.1) is 0 Å². The predicted octanol–water partition coefficient (Wildman–Crippen LogP) is 5.54. The summed E-state index contributed by atoms with van der Waals surface area (Å²) in [4.78, 5) is 24.2. The molecule has 0 bridgehead atoms. The zero-order valence-corrected chi connectivity index (χ0v) is 26.8. The molecule has 2 atom stereocenters. The van der Waals surface area contributed by atoms with Gasteiger partial charge in [0, 0.05) is 30.0 Å². The molecule has 0 spiro atoms. The van der Waals surface area contributed by atoms with Crippen molar-refractivity contribution < 1.29 is 19.8 Å². The topological polar surface area (TPSA) is 125 Å². The molecule has 0 aliphatic rings. The number of rotatable bonds is 24. The van der Waals surface area contributed by atoms with Gasteiger partial charge in [0.1, 0.15) is 0 Å². The summed E-state index contributed by atoms with van der Waals surface area (Å²) in [7, 11) is 3.03. The molecule has 2 amide bonds. The summed E-state index contributed by atoms with van der Waals surface area (Å²) in [6.45, 7) is 5.98. The Morgan fingerprint density at radius 3 is 1.80 bits per heavy atom. The maximum absolute atomic E-state index is 12.2. The molecule has 0 aliphatic carbocycles. The van der Waals surface area contributed by atoms with Crippen LogP contribution in [-0.4, -0.2) is 64.4 Å². The molecule has 7 nitrogen and oxygen atoms in total. The van der Waals surface area contributed by atoms with Gasteiger partial charge in [-0.15, -0.1) is 0 Å². The number of carbonyl (C=O) groups is 2. The highest BCUT2D eigenvalue weighted by molar-refractivity contribution is 8.77. The Kier molecular flexibility index (Phi) is 25.5. The number of aliphatic hydroxyl groups is 2. The van der Waals surface area contributed by atoms with Crippen LogP contribution in [0.2, 0.25) is 0 Å². The third-order valence-electron chi connectivity index (χ3n) is 5.67. The molecular weight excluding hydrogens is 555 g/mol. The molecule has 2 unspecified atom stereocenters. The van der Waals surface area contributed by atoms with Gasteiger partial charge in [0.25, 0.3) is 0 Å². The first-order valence-corrected chi connectivity index (χ1v) is 16.9. The molecule has 0 saturated heterocycles. The number of amides is 2. The first kappa shape index (κ1) is 39.0. The fraction of sp³-hybridized carbons (Fsp3) is 0.562. The highest BCUT2D eigenvalue weighted by Crippen LogP contribution is 2.37. The van der Waals surface area contributed by atoms with Crippen molar-refractivity contribution in [2.75, 3.05) is 25.4 Å². The number of allylic oxidation sites excluding steroid dienone is 12. The molecule has 0 aliphatic heterocycles. The summed E-state index contributed by atoms with van der Waals surface area (Å²) in [5.41, 5.74) is 6.07. The molecule has 0 aromatic heterocycles. The molecule has 6 N–H and O–H groups in total. The van der Waals surface area contributed by atoms with Crippen molar-refractivity contribution in [1.82, 2.24) is 10.6 Å². The van der Waals surface area contributed by atoms with E-state index in [0.717, 1.165) is 38.5 Å². The quantitative estimate of drug-likeness (QED) is 0.0555. The van der Waals surface area contributed by atoms with Crippen LogP contribution in [0.5, 0.6) is 0 Å². The minimum absolute atomic E-state index is 0.0212. The highest BCUT2D eigenvalue weighted by atomic mass is 33.1. The van der Waals surface area contributed by atoms with E-state index in [2.05, 4.69) is 84.4 Å². The van der Waals surface area contributed by atoms with E-state index in [1.165, 1.54) is 10.8 Å². The van der Waals surface area contributed by atoms with Crippen molar-refractivity contribution in [2.24, 2.45) is 5.73 Å². The second-order valence-electron chi connectivity index (χ2n) is 9.87. The molecule has 0 heterocycles. The predicted molar refractivity (Wildman–Crippen MR) is 179 cm³/mol. The lowest BCUT2D eigenvalue weighted by atomic mass is 10.0. The van der Waals surface area contributed by atoms with E-state index >= 15 is 0 Å². The fourth-order valence-corrected chi connectivity index (χ4v) is 5.63. The number of nitrogens with two attached hydrogens (primary N) is 1. The summed E-state index contributed by atoms with van der Waals surface area (Å²) in [6.07, 6.45) is 32.0. The van der Waals surface area contributed by atoms with Gasteiger partial charge in [-0.2, -0.15) is 0 Å². The molecular formula is C32H53N3O4S2. The molecule has 0 fully saturated rings. The van der Waals surface area contributed by atoms with Crippen LogP contribution in [0.3, 0.4) is 0 Å². The van der Waals surface area contributed by atoms with E-state index < -0.39 is 23.5 Å². The number of carbonyl (C=O) groups excluding carboxylic acids is 2. The Bertz CT molecular complexity index is 867. The molecule has 0 rings (SSSR count). The van der Waals surface area contributed by atoms with Crippen molar-refractivity contribution in [3.05, 3.63) is 72.9 Å². The monoisotopic (exact) mass is 607 g/mol. The zero-order valence-electron chi connectivity index (χ0n) is 25.2. The van der Waals surface area contributed by atoms with Gasteiger partial charge in [0.2, 0.25) is 11.8 Å². The van der Waals surface area contributed by atoms with Crippen molar-refractivity contribution >= 4 is 33.4 Å². The number of aliphatic hydroxyl groups excluding tert-OH is 2. The molecule has 232 valence electrons. The second-order valence-corrected chi connectivity index (χ2v) is 12.9. The Labute approximate surface area is 256 Å². The first-order chi connectivity index (χ1) is 19.7. The van der Waals surface area contributed by atoms with Gasteiger partial charge in [-0.05, 0) is 58.8 Å². The van der Waals surface area contributed by atoms with E-state index in [9.17, 15) is 14.7 Å². The van der Waals surface area contributed by atoms with Gasteiger partial charge < -0.3 is 26.6 Å². The van der Waals surface area contributed by atoms with Crippen molar-refractivity contribution in [1.29, 1.82) is 0 Å². The Morgan fingerprint density at radius 2 is 1.32 bits per heavy atom. The Morgan fingerprint density at radius 1 is 0.829 bits per heavy atom. The highest BCUT2D eigenvalue weighted by Gasteiger charge is 2.33. The van der Waals surface area contributed by atoms with Gasteiger partial charge in [0.15, 0.2) is 0 Å². The Balaban J connectivity index is 3.83. The van der Waals surface area contributed by atoms with Gasteiger partial charge in [-0.1, -0.05) is 101 Å². The minimum atomic E-state index is -1.00. The lowest BCUT2D eigenvalue weighted by Gasteiger charge is -2.29. The lowest BCUT2D eigenvalue weighted by Crippen LogP contribution is -2.53. The SMILES string of the molecule is CC/C=C\C/C=C\C/C=C\C/C=C\C/C=C\C/C=C\CCC(=O)NCCSSC(C)(C)C(N)C(=O)NCC(O)CO. The maximum Gasteiger partial charge on any atom is 0.238 e. The normalized spacial score (nSPS) is 14.4. The van der Waals surface area contributed by atoms with Gasteiger partial charge >= 0.3 is 0 Å². The standard InChI is InChI=1S/C32H53N3O4S2/c1-4-5-6-7-8-9-10-11-12-13-14-15-16-17-18-19-20-21-22-23-29(38)34-24-25-40-41-32(2,3)30(33)31(39)35-26-28(37)27-36/h5-6,8-9,11-12,14-15,17-18,20-21,28,30,36-37H,4,7,10,13,16,19,22-27,33H2,1-3H3,(H,34,38)(H,35,39)/b6-5-,9-8-,12-11-,15-14-,18-17-,21-20-.